The van der Waals surface area contributed by atoms with Crippen LogP contribution >= 0.6 is 0 Å². The van der Waals surface area contributed by atoms with Crippen molar-refractivity contribution in [3.63, 3.8) is 0 Å². The first-order valence-corrected chi connectivity index (χ1v) is 7.35. The highest BCUT2D eigenvalue weighted by atomic mass is 32.2. The van der Waals surface area contributed by atoms with Crippen LogP contribution in [0.25, 0.3) is 0 Å². The fraction of sp³-hybridized carbons (Fsp3) is 0.500. The molecule has 1 fully saturated rings. The second-order valence-corrected chi connectivity index (χ2v) is 6.32. The van der Waals surface area contributed by atoms with Crippen molar-refractivity contribution in [2.24, 2.45) is 0 Å². The van der Waals surface area contributed by atoms with Crippen molar-refractivity contribution in [2.75, 3.05) is 12.3 Å². The highest BCUT2D eigenvalue weighted by Gasteiger charge is 2.20. The van der Waals surface area contributed by atoms with Crippen LogP contribution in [0.5, 0.6) is 0 Å². The van der Waals surface area contributed by atoms with E-state index in [1.807, 2.05) is 6.07 Å². The van der Waals surface area contributed by atoms with E-state index in [0.29, 0.717) is 17.4 Å². The Bertz CT molecular complexity index is 424. The number of nitrogens with one attached hydrogen (secondary N) is 1. The van der Waals surface area contributed by atoms with Gasteiger partial charge >= 0.3 is 0 Å². The molecule has 88 valence electrons. The SMILES string of the molecule is O=S(=O)(CCCNC1CC1)c1ccccc1. The van der Waals surface area contributed by atoms with Gasteiger partial charge < -0.3 is 5.32 Å². The second-order valence-electron chi connectivity index (χ2n) is 4.21. The summed E-state index contributed by atoms with van der Waals surface area (Å²) in [6.07, 6.45) is 3.17. The van der Waals surface area contributed by atoms with Crippen molar-refractivity contribution >= 4 is 9.84 Å². The van der Waals surface area contributed by atoms with Crippen LogP contribution in [-0.4, -0.2) is 26.8 Å². The normalized spacial score (nSPS) is 16.2. The molecule has 0 unspecified atom stereocenters. The summed E-state index contributed by atoms with van der Waals surface area (Å²) in [5.74, 6) is 0.233. The predicted octanol–water partition coefficient (Wildman–Crippen LogP) is 1.60. The zero-order valence-corrected chi connectivity index (χ0v) is 10.0. The van der Waals surface area contributed by atoms with E-state index in [0.717, 1.165) is 6.54 Å². The van der Waals surface area contributed by atoms with Crippen LogP contribution in [0.2, 0.25) is 0 Å². The second kappa shape index (κ2) is 4.97. The van der Waals surface area contributed by atoms with E-state index in [1.165, 1.54) is 12.8 Å². The molecule has 1 saturated carbocycles. The number of hydrogen-bond donors (Lipinski definition) is 1. The Morgan fingerprint density at radius 3 is 2.50 bits per heavy atom. The molecule has 0 aliphatic heterocycles. The molecule has 1 aliphatic rings. The smallest absolute Gasteiger partial charge is 0.178 e. The minimum absolute atomic E-state index is 0.233. The summed E-state index contributed by atoms with van der Waals surface area (Å²) in [5.41, 5.74) is 0. The molecule has 0 atom stereocenters. The highest BCUT2D eigenvalue weighted by Crippen LogP contribution is 2.18. The number of rotatable bonds is 6. The lowest BCUT2D eigenvalue weighted by Crippen LogP contribution is -2.20. The maximum absolute atomic E-state index is 11.9. The van der Waals surface area contributed by atoms with Crippen molar-refractivity contribution in [1.82, 2.24) is 5.32 Å². The van der Waals surface area contributed by atoms with E-state index >= 15 is 0 Å². The van der Waals surface area contributed by atoms with Crippen LogP contribution < -0.4 is 5.32 Å². The molecule has 0 saturated heterocycles. The largest absolute Gasteiger partial charge is 0.314 e. The average Bonchev–Trinajstić information content (AvgIpc) is 3.10. The molecule has 0 spiro atoms. The molecule has 0 heterocycles. The topological polar surface area (TPSA) is 46.2 Å². The third-order valence-corrected chi connectivity index (χ3v) is 4.52. The third kappa shape index (κ3) is 3.32. The van der Waals surface area contributed by atoms with Gasteiger partial charge in [-0.1, -0.05) is 18.2 Å². The third-order valence-electron chi connectivity index (χ3n) is 2.70. The fourth-order valence-corrected chi connectivity index (χ4v) is 2.93. The van der Waals surface area contributed by atoms with Gasteiger partial charge in [-0.15, -0.1) is 0 Å². The van der Waals surface area contributed by atoms with Crippen LogP contribution in [0.4, 0.5) is 0 Å². The molecular weight excluding hydrogens is 222 g/mol. The van der Waals surface area contributed by atoms with Crippen LogP contribution in [0.1, 0.15) is 19.3 Å². The summed E-state index contributed by atoms with van der Waals surface area (Å²) in [5, 5.41) is 3.32. The lowest BCUT2D eigenvalue weighted by molar-refractivity contribution is 0.588. The summed E-state index contributed by atoms with van der Waals surface area (Å²) in [6.45, 7) is 0.802. The van der Waals surface area contributed by atoms with Gasteiger partial charge in [0.25, 0.3) is 0 Å². The number of hydrogen-bond acceptors (Lipinski definition) is 3. The Labute approximate surface area is 96.8 Å². The van der Waals surface area contributed by atoms with Gasteiger partial charge in [0.1, 0.15) is 0 Å². The molecule has 1 aromatic rings. The zero-order valence-electron chi connectivity index (χ0n) is 9.22. The van der Waals surface area contributed by atoms with Crippen molar-refractivity contribution in [1.29, 1.82) is 0 Å². The van der Waals surface area contributed by atoms with E-state index < -0.39 is 9.84 Å². The molecule has 16 heavy (non-hydrogen) atoms. The monoisotopic (exact) mass is 239 g/mol. The number of benzene rings is 1. The van der Waals surface area contributed by atoms with Crippen molar-refractivity contribution in [3.8, 4) is 0 Å². The van der Waals surface area contributed by atoms with Crippen LogP contribution in [0, 0.1) is 0 Å². The lowest BCUT2D eigenvalue weighted by Gasteiger charge is -2.04. The first-order chi connectivity index (χ1) is 7.68. The van der Waals surface area contributed by atoms with E-state index in [-0.39, 0.29) is 5.75 Å². The minimum Gasteiger partial charge on any atom is -0.314 e. The van der Waals surface area contributed by atoms with Crippen LogP contribution in [-0.2, 0) is 9.84 Å². The molecule has 1 aromatic carbocycles. The first kappa shape index (κ1) is 11.6. The van der Waals surface area contributed by atoms with E-state index in [1.54, 1.807) is 24.3 Å². The van der Waals surface area contributed by atoms with Gasteiger partial charge in [0.2, 0.25) is 0 Å². The minimum atomic E-state index is -3.08. The lowest BCUT2D eigenvalue weighted by atomic mass is 10.4. The average molecular weight is 239 g/mol. The highest BCUT2D eigenvalue weighted by molar-refractivity contribution is 7.91. The van der Waals surface area contributed by atoms with Gasteiger partial charge in [-0.25, -0.2) is 8.42 Å². The summed E-state index contributed by atoms with van der Waals surface area (Å²) in [6, 6.07) is 9.31. The molecule has 0 aromatic heterocycles. The Morgan fingerprint density at radius 2 is 1.88 bits per heavy atom. The Kier molecular flexibility index (Phi) is 3.61. The van der Waals surface area contributed by atoms with Gasteiger partial charge in [-0.3, -0.25) is 0 Å². The maximum atomic E-state index is 11.9. The summed E-state index contributed by atoms with van der Waals surface area (Å²) < 4.78 is 23.7. The molecule has 0 bridgehead atoms. The molecule has 2 rings (SSSR count). The molecule has 4 heteroatoms. The Morgan fingerprint density at radius 1 is 1.19 bits per heavy atom. The number of sulfone groups is 1. The molecule has 1 aliphatic carbocycles. The molecular formula is C12H17NO2S. The van der Waals surface area contributed by atoms with Gasteiger partial charge in [0, 0.05) is 6.04 Å². The quantitative estimate of drug-likeness (QED) is 0.767. The summed E-state index contributed by atoms with van der Waals surface area (Å²) >= 11 is 0. The molecule has 3 nitrogen and oxygen atoms in total. The van der Waals surface area contributed by atoms with E-state index in [9.17, 15) is 8.42 Å². The first-order valence-electron chi connectivity index (χ1n) is 5.70. The standard InChI is InChI=1S/C12H17NO2S/c14-16(15,12-5-2-1-3-6-12)10-4-9-13-11-7-8-11/h1-3,5-6,11,13H,4,7-10H2. The van der Waals surface area contributed by atoms with Crippen molar-refractivity contribution in [3.05, 3.63) is 30.3 Å². The predicted molar refractivity (Wildman–Crippen MR) is 64.1 cm³/mol. The molecule has 1 N–H and O–H groups in total. The van der Waals surface area contributed by atoms with Crippen molar-refractivity contribution < 1.29 is 8.42 Å². The van der Waals surface area contributed by atoms with Crippen LogP contribution in [0.15, 0.2) is 35.2 Å². The summed E-state index contributed by atoms with van der Waals surface area (Å²) in [4.78, 5) is 0.432. The van der Waals surface area contributed by atoms with Gasteiger partial charge in [0.05, 0.1) is 10.6 Å². The molecule has 0 radical (unpaired) electrons. The zero-order chi connectivity index (χ0) is 11.4. The van der Waals surface area contributed by atoms with Gasteiger partial charge in [0.15, 0.2) is 9.84 Å². The fourth-order valence-electron chi connectivity index (χ4n) is 1.60. The molecule has 0 amide bonds. The maximum Gasteiger partial charge on any atom is 0.178 e. The van der Waals surface area contributed by atoms with Gasteiger partial charge in [-0.05, 0) is 37.9 Å². The van der Waals surface area contributed by atoms with E-state index in [4.69, 9.17) is 0 Å². The van der Waals surface area contributed by atoms with Gasteiger partial charge in [-0.2, -0.15) is 0 Å². The Balaban J connectivity index is 1.82. The Hall–Kier alpha value is -0.870. The van der Waals surface area contributed by atoms with Crippen molar-refractivity contribution in [2.45, 2.75) is 30.2 Å². The van der Waals surface area contributed by atoms with Crippen LogP contribution in [0.3, 0.4) is 0 Å². The summed E-state index contributed by atoms with van der Waals surface area (Å²) in [7, 11) is -3.08. The van der Waals surface area contributed by atoms with E-state index in [2.05, 4.69) is 5.32 Å².